The van der Waals surface area contributed by atoms with Crippen LogP contribution in [0, 0.1) is 6.08 Å². The van der Waals surface area contributed by atoms with Crippen molar-refractivity contribution in [2.75, 3.05) is 0 Å². The summed E-state index contributed by atoms with van der Waals surface area (Å²) in [6.45, 7) is 2.01. The number of aromatic nitrogens is 6. The third-order valence-corrected chi connectivity index (χ3v) is 2.16. The fraction of sp³-hybridized carbons (Fsp3) is 0.444. The van der Waals surface area contributed by atoms with Crippen molar-refractivity contribution in [3.63, 3.8) is 0 Å². The normalized spacial score (nSPS) is 10.7. The Morgan fingerprint density at radius 3 is 3.00 bits per heavy atom. The number of hydrogen-bond acceptors (Lipinski definition) is 5. The minimum Gasteiger partial charge on any atom is -0.243 e. The van der Waals surface area contributed by atoms with Crippen molar-refractivity contribution < 1.29 is 9.18 Å². The summed E-state index contributed by atoms with van der Waals surface area (Å²) in [6, 6.07) is -0.741. The van der Waals surface area contributed by atoms with Crippen LogP contribution in [-0.2, 0) is 6.42 Å². The van der Waals surface area contributed by atoms with Gasteiger partial charge in [0, 0.05) is 6.42 Å². The molecule has 0 aliphatic rings. The van der Waals surface area contributed by atoms with Gasteiger partial charge in [-0.1, -0.05) is 13.3 Å². The first-order valence-corrected chi connectivity index (χ1v) is 5.23. The van der Waals surface area contributed by atoms with Crippen molar-refractivity contribution in [2.24, 2.45) is 0 Å². The van der Waals surface area contributed by atoms with Crippen LogP contribution >= 0.6 is 0 Å². The first-order chi connectivity index (χ1) is 8.22. The van der Waals surface area contributed by atoms with E-state index in [4.69, 9.17) is 0 Å². The van der Waals surface area contributed by atoms with Gasteiger partial charge in [-0.3, -0.25) is 0 Å². The number of aryl methyl sites for hydroxylation is 1. The van der Waals surface area contributed by atoms with E-state index in [9.17, 15) is 9.18 Å². The van der Waals surface area contributed by atoms with Crippen molar-refractivity contribution in [1.29, 1.82) is 0 Å². The molecule has 0 spiro atoms. The molecule has 0 aromatic carbocycles. The Morgan fingerprint density at radius 1 is 1.53 bits per heavy atom. The van der Waals surface area contributed by atoms with E-state index in [0.29, 0.717) is 16.9 Å². The van der Waals surface area contributed by atoms with E-state index in [-0.39, 0.29) is 0 Å². The number of carbonyl (C=O) groups excluding carboxylic acids is 1. The van der Waals surface area contributed by atoms with Gasteiger partial charge >= 0.3 is 12.1 Å². The lowest BCUT2D eigenvalue weighted by Gasteiger charge is -1.97. The molecule has 0 N–H and O–H groups in total. The Balaban J connectivity index is 2.21. The van der Waals surface area contributed by atoms with Crippen LogP contribution in [0.3, 0.4) is 0 Å². The van der Waals surface area contributed by atoms with Gasteiger partial charge in [-0.15, -0.1) is 9.78 Å². The average molecular weight is 238 g/mol. The quantitative estimate of drug-likeness (QED) is 0.792. The van der Waals surface area contributed by atoms with E-state index in [1.54, 1.807) is 0 Å². The SMILES string of the molecule is CCCCc1nc(F)n(C(=O)n2cncn2)n1. The lowest BCUT2D eigenvalue weighted by Crippen LogP contribution is -2.22. The van der Waals surface area contributed by atoms with Gasteiger partial charge in [0.2, 0.25) is 0 Å². The Kier molecular flexibility index (Phi) is 3.22. The third kappa shape index (κ3) is 2.35. The van der Waals surface area contributed by atoms with Crippen molar-refractivity contribution >= 4 is 6.03 Å². The molecule has 90 valence electrons. The maximum atomic E-state index is 13.4. The van der Waals surface area contributed by atoms with Crippen LogP contribution in [0.5, 0.6) is 0 Å². The zero-order chi connectivity index (χ0) is 12.3. The summed E-state index contributed by atoms with van der Waals surface area (Å²) in [4.78, 5) is 18.9. The summed E-state index contributed by atoms with van der Waals surface area (Å²) in [5.41, 5.74) is 0. The minimum atomic E-state index is -0.934. The van der Waals surface area contributed by atoms with Crippen LogP contribution < -0.4 is 0 Å². The third-order valence-electron chi connectivity index (χ3n) is 2.16. The van der Waals surface area contributed by atoms with E-state index in [0.717, 1.165) is 17.5 Å². The molecule has 2 heterocycles. The highest BCUT2D eigenvalue weighted by atomic mass is 19.1. The van der Waals surface area contributed by atoms with E-state index >= 15 is 0 Å². The van der Waals surface area contributed by atoms with Gasteiger partial charge in [-0.05, 0) is 6.42 Å². The number of nitrogens with zero attached hydrogens (tertiary/aromatic N) is 6. The number of halogens is 1. The maximum absolute atomic E-state index is 13.4. The van der Waals surface area contributed by atoms with E-state index in [1.807, 2.05) is 6.92 Å². The monoisotopic (exact) mass is 238 g/mol. The molecular formula is C9H11FN6O. The smallest absolute Gasteiger partial charge is 0.243 e. The Hall–Kier alpha value is -2.12. The fourth-order valence-electron chi connectivity index (χ4n) is 1.30. The Morgan fingerprint density at radius 2 is 2.35 bits per heavy atom. The number of unbranched alkanes of at least 4 members (excludes halogenated alkanes) is 1. The first-order valence-electron chi connectivity index (χ1n) is 5.23. The fourth-order valence-corrected chi connectivity index (χ4v) is 1.30. The Labute approximate surface area is 96.3 Å². The summed E-state index contributed by atoms with van der Waals surface area (Å²) in [7, 11) is 0. The molecule has 0 aliphatic heterocycles. The minimum absolute atomic E-state index is 0.317. The Bertz CT molecular complexity index is 506. The van der Waals surface area contributed by atoms with Gasteiger partial charge in [-0.2, -0.15) is 19.2 Å². The first kappa shape index (κ1) is 11.4. The molecule has 0 radical (unpaired) electrons. The predicted molar refractivity (Wildman–Crippen MR) is 54.8 cm³/mol. The largest absolute Gasteiger partial charge is 0.374 e. The molecule has 0 atom stereocenters. The molecule has 0 fully saturated rings. The second-order valence-electron chi connectivity index (χ2n) is 3.44. The molecule has 2 aromatic heterocycles. The molecule has 7 nitrogen and oxygen atoms in total. The molecule has 0 aliphatic carbocycles. The van der Waals surface area contributed by atoms with E-state index in [2.05, 4.69) is 20.2 Å². The zero-order valence-electron chi connectivity index (χ0n) is 9.25. The second-order valence-corrected chi connectivity index (χ2v) is 3.44. The van der Waals surface area contributed by atoms with Crippen molar-refractivity contribution in [3.05, 3.63) is 24.6 Å². The second kappa shape index (κ2) is 4.81. The molecule has 8 heteroatoms. The number of hydrogen-bond donors (Lipinski definition) is 0. The summed E-state index contributed by atoms with van der Waals surface area (Å²) < 4.78 is 14.9. The summed E-state index contributed by atoms with van der Waals surface area (Å²) >= 11 is 0. The number of carbonyl (C=O) groups is 1. The molecule has 0 saturated heterocycles. The van der Waals surface area contributed by atoms with Gasteiger partial charge < -0.3 is 0 Å². The number of rotatable bonds is 3. The molecule has 0 saturated carbocycles. The van der Waals surface area contributed by atoms with Crippen LogP contribution in [0.15, 0.2) is 12.7 Å². The van der Waals surface area contributed by atoms with Crippen LogP contribution in [0.1, 0.15) is 25.6 Å². The van der Waals surface area contributed by atoms with Crippen LogP contribution in [0.4, 0.5) is 9.18 Å². The molecule has 0 unspecified atom stereocenters. The van der Waals surface area contributed by atoms with Gasteiger partial charge in [0.05, 0.1) is 0 Å². The lowest BCUT2D eigenvalue weighted by molar-refractivity contribution is 0.233. The molecular weight excluding hydrogens is 227 g/mol. The van der Waals surface area contributed by atoms with E-state index < -0.39 is 12.1 Å². The van der Waals surface area contributed by atoms with Crippen molar-refractivity contribution in [2.45, 2.75) is 26.2 Å². The van der Waals surface area contributed by atoms with Crippen LogP contribution in [-0.4, -0.2) is 35.6 Å². The van der Waals surface area contributed by atoms with Gasteiger partial charge in [0.1, 0.15) is 12.7 Å². The van der Waals surface area contributed by atoms with E-state index in [1.165, 1.54) is 12.7 Å². The molecule has 17 heavy (non-hydrogen) atoms. The van der Waals surface area contributed by atoms with Crippen molar-refractivity contribution in [1.82, 2.24) is 29.5 Å². The lowest BCUT2D eigenvalue weighted by atomic mass is 10.2. The van der Waals surface area contributed by atoms with Crippen LogP contribution in [0.25, 0.3) is 0 Å². The van der Waals surface area contributed by atoms with Gasteiger partial charge in [0.15, 0.2) is 5.82 Å². The van der Waals surface area contributed by atoms with Crippen molar-refractivity contribution in [3.8, 4) is 0 Å². The highest BCUT2D eigenvalue weighted by Crippen LogP contribution is 2.02. The van der Waals surface area contributed by atoms with Crippen LogP contribution in [0.2, 0.25) is 0 Å². The van der Waals surface area contributed by atoms with Gasteiger partial charge in [0.25, 0.3) is 0 Å². The summed E-state index contributed by atoms with van der Waals surface area (Å²) in [5, 5.41) is 7.40. The summed E-state index contributed by atoms with van der Waals surface area (Å²) in [6.07, 6.45) is 3.77. The van der Waals surface area contributed by atoms with Gasteiger partial charge in [-0.25, -0.2) is 9.78 Å². The molecule has 0 bridgehead atoms. The highest BCUT2D eigenvalue weighted by molar-refractivity contribution is 5.76. The topological polar surface area (TPSA) is 78.5 Å². The standard InChI is InChI=1S/C9H11FN6O/c1-2-3-4-7-13-8(10)16(14-7)9(17)15-6-11-5-12-15/h5-6H,2-4H2,1H3. The molecule has 2 aromatic rings. The maximum Gasteiger partial charge on any atom is 0.374 e. The highest BCUT2D eigenvalue weighted by Gasteiger charge is 2.17. The molecule has 0 amide bonds. The summed E-state index contributed by atoms with van der Waals surface area (Å²) in [5.74, 6) is 0.317. The average Bonchev–Trinajstić information content (AvgIpc) is 2.94. The zero-order valence-corrected chi connectivity index (χ0v) is 9.25. The molecule has 2 rings (SSSR count). The predicted octanol–water partition coefficient (Wildman–Crippen LogP) is 0.868.